The molecule has 0 spiro atoms. The molecule has 0 saturated heterocycles. The summed E-state index contributed by atoms with van der Waals surface area (Å²) in [6.07, 6.45) is 1.91. The van der Waals surface area contributed by atoms with Crippen molar-refractivity contribution in [3.05, 3.63) is 139 Å². The van der Waals surface area contributed by atoms with Gasteiger partial charge in [0.1, 0.15) is 17.3 Å². The summed E-state index contributed by atoms with van der Waals surface area (Å²) in [6, 6.07) is 40.1. The predicted octanol–water partition coefficient (Wildman–Crippen LogP) is 11.3. The van der Waals surface area contributed by atoms with Crippen LogP contribution in [-0.4, -0.2) is 16.5 Å². The Hall–Kier alpha value is -5.59. The van der Waals surface area contributed by atoms with E-state index in [2.05, 4.69) is 99.0 Å². The first kappa shape index (κ1) is 26.5. The Morgan fingerprint density at radius 2 is 1.38 bits per heavy atom. The smallest absolute Gasteiger partial charge is 0.138 e. The van der Waals surface area contributed by atoms with Crippen molar-refractivity contribution < 1.29 is 13.8 Å². The van der Waals surface area contributed by atoms with Crippen molar-refractivity contribution in [1.82, 2.24) is 9.55 Å². The van der Waals surface area contributed by atoms with Crippen LogP contribution in [0.1, 0.15) is 54.8 Å². The van der Waals surface area contributed by atoms with Gasteiger partial charge in [0.25, 0.3) is 0 Å². The highest BCUT2D eigenvalue weighted by atomic mass is 16.8. The lowest BCUT2D eigenvalue weighted by Gasteiger charge is -2.20. The first-order valence-electron chi connectivity index (χ1n) is 17.9. The molecule has 0 unspecified atom stereocenters. The first-order valence-corrected chi connectivity index (χ1v) is 16.4. The van der Waals surface area contributed by atoms with Crippen LogP contribution in [0, 0.1) is 0 Å². The standard InChI is InChI=1S/C42H38N4O2/c1-27(2)33-15-11-16-34(28(3)4)42(33)29-22-23-43-41(24-29)45-37-17-7-6-14-35(37)36-21-20-32(26-40(36)45)47-31-13-10-12-30(25-31)46-39-19-9-8-18-38(39)44(5)48-46/h6-28H,1-5H3/i5D3. The maximum atomic E-state index is 7.97. The van der Waals surface area contributed by atoms with Gasteiger partial charge in [-0.3, -0.25) is 4.57 Å². The van der Waals surface area contributed by atoms with E-state index in [0.29, 0.717) is 40.4 Å². The predicted molar refractivity (Wildman–Crippen MR) is 197 cm³/mol. The van der Waals surface area contributed by atoms with Crippen molar-refractivity contribution in [1.29, 1.82) is 0 Å². The molecular formula is C42H38N4O2. The molecule has 5 aromatic carbocycles. The van der Waals surface area contributed by atoms with Crippen LogP contribution >= 0.6 is 0 Å². The highest BCUT2D eigenvalue weighted by Crippen LogP contribution is 2.42. The average molecular weight is 634 g/mol. The van der Waals surface area contributed by atoms with Crippen molar-refractivity contribution in [2.24, 2.45) is 0 Å². The zero-order chi connectivity index (χ0) is 35.4. The number of anilines is 3. The molecule has 1 aliphatic heterocycles. The maximum Gasteiger partial charge on any atom is 0.138 e. The molecule has 3 heterocycles. The van der Waals surface area contributed by atoms with Crippen molar-refractivity contribution in [2.45, 2.75) is 39.5 Å². The molecule has 0 aliphatic carbocycles. The summed E-state index contributed by atoms with van der Waals surface area (Å²) < 4.78 is 32.6. The third kappa shape index (κ3) is 5.06. The minimum Gasteiger partial charge on any atom is -0.457 e. The molecule has 238 valence electrons. The van der Waals surface area contributed by atoms with Gasteiger partial charge in [-0.05, 0) is 88.7 Å². The van der Waals surface area contributed by atoms with Crippen molar-refractivity contribution in [3.8, 4) is 28.4 Å². The van der Waals surface area contributed by atoms with E-state index in [1.165, 1.54) is 21.8 Å². The highest BCUT2D eigenvalue weighted by molar-refractivity contribution is 6.09. The number of fused-ring (bicyclic) bond motifs is 4. The molecule has 1 aliphatic rings. The minimum atomic E-state index is -2.48. The number of benzene rings is 5. The summed E-state index contributed by atoms with van der Waals surface area (Å²) >= 11 is 0. The van der Waals surface area contributed by atoms with Gasteiger partial charge >= 0.3 is 0 Å². The number of nitrogens with zero attached hydrogens (tertiary/aromatic N) is 4. The third-order valence-electron chi connectivity index (χ3n) is 9.05. The van der Waals surface area contributed by atoms with Gasteiger partial charge in [-0.15, -0.1) is 4.94 Å². The van der Waals surface area contributed by atoms with E-state index in [1.807, 2.05) is 48.7 Å². The van der Waals surface area contributed by atoms with Gasteiger partial charge in [0.05, 0.1) is 28.1 Å². The summed E-state index contributed by atoms with van der Waals surface area (Å²) in [5, 5.41) is 4.69. The van der Waals surface area contributed by atoms with E-state index in [4.69, 9.17) is 18.8 Å². The molecular weight excluding hydrogens is 592 g/mol. The van der Waals surface area contributed by atoms with Gasteiger partial charge in [0.15, 0.2) is 0 Å². The second-order valence-corrected chi connectivity index (χ2v) is 12.8. The van der Waals surface area contributed by atoms with Crippen LogP contribution in [0.4, 0.5) is 17.1 Å². The number of ether oxygens (including phenoxy) is 1. The van der Waals surface area contributed by atoms with Crippen LogP contribution in [0.2, 0.25) is 0 Å². The van der Waals surface area contributed by atoms with Crippen LogP contribution in [0.25, 0.3) is 38.8 Å². The Morgan fingerprint density at radius 1 is 0.667 bits per heavy atom. The fourth-order valence-electron chi connectivity index (χ4n) is 6.81. The SMILES string of the molecule is [2H]C([2H])([2H])N1ON(c2cccc(Oc3ccc4c5ccccc5n(-c5cc(-c6c(C(C)C)cccc6C(C)C)ccn5)c4c3)c2)c2ccccc21. The van der Waals surface area contributed by atoms with Crippen LogP contribution in [0.3, 0.4) is 0 Å². The number of hydrogen-bond acceptors (Lipinski definition) is 5. The van der Waals surface area contributed by atoms with E-state index >= 15 is 0 Å². The molecule has 7 aromatic rings. The number of rotatable bonds is 7. The average Bonchev–Trinajstić information content (AvgIpc) is 3.68. The summed E-state index contributed by atoms with van der Waals surface area (Å²) in [4.78, 5) is 10.8. The van der Waals surface area contributed by atoms with E-state index in [9.17, 15) is 0 Å². The summed E-state index contributed by atoms with van der Waals surface area (Å²) in [7, 11) is 0. The fraction of sp³-hybridized carbons (Fsp3) is 0.167. The van der Waals surface area contributed by atoms with E-state index in [0.717, 1.165) is 38.3 Å². The molecule has 8 rings (SSSR count). The molecule has 0 amide bonds. The Balaban J connectivity index is 1.20. The molecule has 0 N–H and O–H groups in total. The number of para-hydroxylation sites is 3. The molecule has 0 saturated carbocycles. The molecule has 0 atom stereocenters. The number of hydrogen-bond donors (Lipinski definition) is 0. The van der Waals surface area contributed by atoms with E-state index < -0.39 is 6.98 Å². The molecule has 48 heavy (non-hydrogen) atoms. The Morgan fingerprint density at radius 3 is 2.17 bits per heavy atom. The van der Waals surface area contributed by atoms with Crippen LogP contribution in [-0.2, 0) is 4.94 Å². The normalized spacial score (nSPS) is 14.1. The van der Waals surface area contributed by atoms with E-state index in [1.54, 1.807) is 12.1 Å². The lowest BCUT2D eigenvalue weighted by Crippen LogP contribution is -2.20. The van der Waals surface area contributed by atoms with Crippen LogP contribution in [0.15, 0.2) is 128 Å². The largest absolute Gasteiger partial charge is 0.457 e. The van der Waals surface area contributed by atoms with Crippen molar-refractivity contribution in [3.63, 3.8) is 0 Å². The van der Waals surface area contributed by atoms with Crippen LogP contribution in [0.5, 0.6) is 11.5 Å². The van der Waals surface area contributed by atoms with Gasteiger partial charge in [0, 0.05) is 40.2 Å². The first-order chi connectivity index (χ1) is 24.6. The zero-order valence-electron chi connectivity index (χ0n) is 30.4. The lowest BCUT2D eigenvalue weighted by molar-refractivity contribution is 0.142. The molecule has 0 fully saturated rings. The number of pyridine rings is 1. The number of aromatic nitrogens is 2. The molecule has 0 bridgehead atoms. The topological polar surface area (TPSA) is 42.8 Å². The van der Waals surface area contributed by atoms with Gasteiger partial charge in [-0.1, -0.05) is 82.3 Å². The Kier molecular flexibility index (Phi) is 6.56. The van der Waals surface area contributed by atoms with Gasteiger partial charge in [0.2, 0.25) is 0 Å². The van der Waals surface area contributed by atoms with Gasteiger partial charge < -0.3 is 4.74 Å². The monoisotopic (exact) mass is 633 g/mol. The summed E-state index contributed by atoms with van der Waals surface area (Å²) in [5.41, 5.74) is 8.83. The van der Waals surface area contributed by atoms with Gasteiger partial charge in [-0.25, -0.2) is 10.0 Å². The maximum absolute atomic E-state index is 7.97. The third-order valence-corrected chi connectivity index (χ3v) is 9.05. The van der Waals surface area contributed by atoms with E-state index in [-0.39, 0.29) is 0 Å². The Bertz CT molecular complexity index is 2390. The molecule has 2 aromatic heterocycles. The van der Waals surface area contributed by atoms with Crippen LogP contribution < -0.4 is 14.9 Å². The van der Waals surface area contributed by atoms with Gasteiger partial charge in [-0.2, -0.15) is 5.06 Å². The summed E-state index contributed by atoms with van der Waals surface area (Å²) in [5.74, 6) is 2.80. The zero-order valence-corrected chi connectivity index (χ0v) is 27.4. The number of hydroxylamine groups is 1. The molecule has 0 radical (unpaired) electrons. The fourth-order valence-corrected chi connectivity index (χ4v) is 6.81. The minimum absolute atomic E-state index is 0.369. The highest BCUT2D eigenvalue weighted by Gasteiger charge is 2.26. The quantitative estimate of drug-likeness (QED) is 0.175. The second-order valence-electron chi connectivity index (χ2n) is 12.8. The molecule has 6 nitrogen and oxygen atoms in total. The lowest BCUT2D eigenvalue weighted by atomic mass is 9.85. The summed E-state index contributed by atoms with van der Waals surface area (Å²) in [6.45, 7) is 6.52. The second kappa shape index (κ2) is 11.9. The van der Waals surface area contributed by atoms with Crippen molar-refractivity contribution >= 4 is 38.9 Å². The molecule has 6 heteroatoms. The Labute approximate surface area is 285 Å². The van der Waals surface area contributed by atoms with Crippen molar-refractivity contribution in [2.75, 3.05) is 17.1 Å².